The van der Waals surface area contributed by atoms with Crippen LogP contribution in [-0.4, -0.2) is 83.9 Å². The van der Waals surface area contributed by atoms with Crippen LogP contribution in [0.4, 0.5) is 0 Å². The summed E-state index contributed by atoms with van der Waals surface area (Å²) in [6.07, 6.45) is 2.16. The van der Waals surface area contributed by atoms with Crippen molar-refractivity contribution in [3.05, 3.63) is 42.1 Å². The van der Waals surface area contributed by atoms with Crippen molar-refractivity contribution in [2.24, 2.45) is 5.73 Å². The van der Waals surface area contributed by atoms with Gasteiger partial charge in [-0.1, -0.05) is 18.2 Å². The topological polar surface area (TPSA) is 121 Å². The maximum atomic E-state index is 12.9. The fraction of sp³-hybridized carbons (Fsp3) is 0.429. The van der Waals surface area contributed by atoms with Crippen molar-refractivity contribution in [1.82, 2.24) is 25.4 Å². The molecule has 0 radical (unpaired) electrons. The maximum Gasteiger partial charge on any atom is 0.255 e. The number of hydrogen-bond acceptors (Lipinski definition) is 6. The van der Waals surface area contributed by atoms with Crippen LogP contribution in [0.3, 0.4) is 0 Å². The van der Waals surface area contributed by atoms with Crippen LogP contribution in [0.1, 0.15) is 16.8 Å². The van der Waals surface area contributed by atoms with Crippen LogP contribution >= 0.6 is 0 Å². The smallest absolute Gasteiger partial charge is 0.255 e. The van der Waals surface area contributed by atoms with Gasteiger partial charge in [0.25, 0.3) is 5.91 Å². The number of carbonyl (C=O) groups is 3. The third-order valence-corrected chi connectivity index (χ3v) is 5.70. The van der Waals surface area contributed by atoms with E-state index in [0.29, 0.717) is 44.7 Å². The highest BCUT2D eigenvalue weighted by atomic mass is 16.2. The SMILES string of the molecule is NCC(=O)NC1CN[C@H](C(=O)N2CCN(C(=O)c3cnc4ccccc4c3)CC2)C1. The first-order chi connectivity index (χ1) is 14.5. The van der Waals surface area contributed by atoms with E-state index in [-0.39, 0.29) is 36.3 Å². The Balaban J connectivity index is 1.31. The molecule has 2 aliphatic heterocycles. The first kappa shape index (κ1) is 20.2. The molecule has 4 rings (SSSR count). The molecule has 0 aliphatic carbocycles. The molecule has 9 nitrogen and oxygen atoms in total. The van der Waals surface area contributed by atoms with Gasteiger partial charge in [-0.25, -0.2) is 0 Å². The summed E-state index contributed by atoms with van der Waals surface area (Å²) in [7, 11) is 0. The fourth-order valence-electron chi connectivity index (χ4n) is 4.04. The minimum Gasteiger partial charge on any atom is -0.351 e. The number of fused-ring (bicyclic) bond motifs is 1. The van der Waals surface area contributed by atoms with E-state index in [9.17, 15) is 14.4 Å². The molecule has 3 heterocycles. The van der Waals surface area contributed by atoms with Gasteiger partial charge in [0.15, 0.2) is 0 Å². The van der Waals surface area contributed by atoms with Crippen LogP contribution in [0.25, 0.3) is 10.9 Å². The number of amides is 3. The standard InChI is InChI=1S/C21H26N6O3/c22-11-19(28)25-16-10-18(24-13-16)21(30)27-7-5-26(6-8-27)20(29)15-9-14-3-1-2-4-17(14)23-12-15/h1-4,9,12,16,18,24H,5-8,10-11,13,22H2,(H,25,28)/t16?,18-/m0/s1. The Hall–Kier alpha value is -3.04. The minimum absolute atomic E-state index is 0.0129. The minimum atomic E-state index is -0.319. The molecular weight excluding hydrogens is 384 g/mol. The number of pyridine rings is 1. The van der Waals surface area contributed by atoms with Crippen molar-refractivity contribution in [2.75, 3.05) is 39.3 Å². The van der Waals surface area contributed by atoms with Crippen LogP contribution < -0.4 is 16.4 Å². The monoisotopic (exact) mass is 410 g/mol. The van der Waals surface area contributed by atoms with Crippen LogP contribution in [0, 0.1) is 0 Å². The highest BCUT2D eigenvalue weighted by Gasteiger charge is 2.34. The number of aromatic nitrogens is 1. The van der Waals surface area contributed by atoms with E-state index in [1.165, 1.54) is 0 Å². The van der Waals surface area contributed by atoms with Gasteiger partial charge < -0.3 is 26.2 Å². The van der Waals surface area contributed by atoms with Crippen molar-refractivity contribution < 1.29 is 14.4 Å². The van der Waals surface area contributed by atoms with E-state index < -0.39 is 0 Å². The molecular formula is C21H26N6O3. The van der Waals surface area contributed by atoms with Crippen molar-refractivity contribution in [3.63, 3.8) is 0 Å². The summed E-state index contributed by atoms with van der Waals surface area (Å²) in [6, 6.07) is 9.15. The number of piperazine rings is 1. The second-order valence-electron chi connectivity index (χ2n) is 7.70. The number of benzene rings is 1. The number of nitrogens with one attached hydrogen (secondary N) is 2. The average molecular weight is 410 g/mol. The molecule has 3 amide bonds. The number of hydrogen-bond donors (Lipinski definition) is 3. The summed E-state index contributed by atoms with van der Waals surface area (Å²) in [5.74, 6) is -0.270. The Morgan fingerprint density at radius 2 is 1.87 bits per heavy atom. The van der Waals surface area contributed by atoms with Gasteiger partial charge in [-0.15, -0.1) is 0 Å². The fourth-order valence-corrected chi connectivity index (χ4v) is 4.04. The highest BCUT2D eigenvalue weighted by Crippen LogP contribution is 2.16. The van der Waals surface area contributed by atoms with Crippen LogP contribution in [0.15, 0.2) is 36.5 Å². The average Bonchev–Trinajstić information content (AvgIpc) is 3.26. The summed E-state index contributed by atoms with van der Waals surface area (Å²) < 4.78 is 0. The predicted octanol–water partition coefficient (Wildman–Crippen LogP) is -0.675. The lowest BCUT2D eigenvalue weighted by Gasteiger charge is -2.36. The normalized spacial score (nSPS) is 21.6. The Labute approximate surface area is 174 Å². The molecule has 2 aromatic rings. The number of rotatable bonds is 4. The highest BCUT2D eigenvalue weighted by molar-refractivity contribution is 5.97. The van der Waals surface area contributed by atoms with Gasteiger partial charge in [0.05, 0.1) is 23.7 Å². The number of para-hydroxylation sites is 1. The second kappa shape index (κ2) is 8.76. The molecule has 30 heavy (non-hydrogen) atoms. The van der Waals surface area contributed by atoms with Crippen LogP contribution in [-0.2, 0) is 9.59 Å². The van der Waals surface area contributed by atoms with Crippen LogP contribution in [0.2, 0.25) is 0 Å². The molecule has 158 valence electrons. The Morgan fingerprint density at radius 1 is 1.13 bits per heavy atom. The molecule has 9 heteroatoms. The molecule has 2 aliphatic rings. The lowest BCUT2D eigenvalue weighted by molar-refractivity contribution is -0.134. The van der Waals surface area contributed by atoms with Gasteiger partial charge in [-0.2, -0.15) is 0 Å². The Kier molecular flexibility index (Phi) is 5.91. The molecule has 1 aromatic carbocycles. The second-order valence-corrected chi connectivity index (χ2v) is 7.70. The number of carbonyl (C=O) groups excluding carboxylic acids is 3. The molecule has 0 saturated carbocycles. The summed E-state index contributed by atoms with van der Waals surface area (Å²) in [5.41, 5.74) is 6.74. The third kappa shape index (κ3) is 4.27. The summed E-state index contributed by atoms with van der Waals surface area (Å²) >= 11 is 0. The molecule has 2 saturated heterocycles. The van der Waals surface area contributed by atoms with Crippen molar-refractivity contribution >= 4 is 28.6 Å². The molecule has 1 aromatic heterocycles. The van der Waals surface area contributed by atoms with Crippen LogP contribution in [0.5, 0.6) is 0 Å². The largest absolute Gasteiger partial charge is 0.351 e. The zero-order chi connectivity index (χ0) is 21.1. The van der Waals surface area contributed by atoms with Gasteiger partial charge in [0.1, 0.15) is 0 Å². The molecule has 4 N–H and O–H groups in total. The summed E-state index contributed by atoms with van der Waals surface area (Å²) in [5, 5.41) is 6.92. The lowest BCUT2D eigenvalue weighted by Crippen LogP contribution is -2.54. The van der Waals surface area contributed by atoms with Gasteiger partial charge in [-0.3, -0.25) is 19.4 Å². The Bertz CT molecular complexity index is 957. The van der Waals surface area contributed by atoms with Crippen molar-refractivity contribution in [1.29, 1.82) is 0 Å². The molecule has 2 fully saturated rings. The quantitative estimate of drug-likeness (QED) is 0.615. The van der Waals surface area contributed by atoms with E-state index in [2.05, 4.69) is 15.6 Å². The molecule has 2 atom stereocenters. The zero-order valence-electron chi connectivity index (χ0n) is 16.7. The maximum absolute atomic E-state index is 12.9. The van der Waals surface area contributed by atoms with E-state index in [0.717, 1.165) is 10.9 Å². The van der Waals surface area contributed by atoms with Gasteiger partial charge >= 0.3 is 0 Å². The third-order valence-electron chi connectivity index (χ3n) is 5.70. The molecule has 1 unspecified atom stereocenters. The van der Waals surface area contributed by atoms with E-state index in [1.807, 2.05) is 30.3 Å². The van der Waals surface area contributed by atoms with E-state index >= 15 is 0 Å². The zero-order valence-corrected chi connectivity index (χ0v) is 16.7. The lowest BCUT2D eigenvalue weighted by atomic mass is 10.1. The van der Waals surface area contributed by atoms with Crippen molar-refractivity contribution in [2.45, 2.75) is 18.5 Å². The molecule has 0 spiro atoms. The van der Waals surface area contributed by atoms with Gasteiger partial charge in [0.2, 0.25) is 11.8 Å². The van der Waals surface area contributed by atoms with Gasteiger partial charge in [0, 0.05) is 50.3 Å². The summed E-state index contributed by atoms with van der Waals surface area (Å²) in [6.45, 7) is 2.44. The molecule has 0 bridgehead atoms. The Morgan fingerprint density at radius 3 is 2.63 bits per heavy atom. The first-order valence-electron chi connectivity index (χ1n) is 10.2. The number of nitrogens with zero attached hydrogens (tertiary/aromatic N) is 3. The number of nitrogens with two attached hydrogens (primary N) is 1. The van der Waals surface area contributed by atoms with E-state index in [1.54, 1.807) is 16.0 Å². The first-order valence-corrected chi connectivity index (χ1v) is 10.2. The predicted molar refractivity (Wildman–Crippen MR) is 112 cm³/mol. The van der Waals surface area contributed by atoms with E-state index in [4.69, 9.17) is 5.73 Å². The summed E-state index contributed by atoms with van der Waals surface area (Å²) in [4.78, 5) is 45.0. The van der Waals surface area contributed by atoms with Gasteiger partial charge in [-0.05, 0) is 18.6 Å². The van der Waals surface area contributed by atoms with Crippen molar-refractivity contribution in [3.8, 4) is 0 Å².